The molecule has 0 amide bonds. The number of ether oxygens (including phenoxy) is 2. The highest BCUT2D eigenvalue weighted by Gasteiger charge is 2.28. The Kier molecular flexibility index (Phi) is 7.82. The first kappa shape index (κ1) is 14.9. The number of aliphatic hydroxyl groups is 1. The molecule has 0 aromatic rings. The van der Waals surface area contributed by atoms with E-state index in [9.17, 15) is 5.11 Å². The van der Waals surface area contributed by atoms with Crippen LogP contribution in [0.1, 0.15) is 58.8 Å². The number of hydrogen-bond donors (Lipinski definition) is 1. The van der Waals surface area contributed by atoms with Crippen LogP contribution < -0.4 is 0 Å². The molecule has 1 N–H and O–H groups in total. The summed E-state index contributed by atoms with van der Waals surface area (Å²) in [4.78, 5) is 0. The van der Waals surface area contributed by atoms with E-state index < -0.39 is 0 Å². The van der Waals surface area contributed by atoms with Crippen molar-refractivity contribution in [2.75, 3.05) is 13.2 Å². The second kappa shape index (κ2) is 8.90. The van der Waals surface area contributed by atoms with Gasteiger partial charge in [0, 0.05) is 13.2 Å². The van der Waals surface area contributed by atoms with Crippen molar-refractivity contribution in [2.24, 2.45) is 0 Å². The second-order valence-corrected chi connectivity index (χ2v) is 5.05. The fourth-order valence-electron chi connectivity index (χ4n) is 2.25. The molecular weight excluding hydrogens is 216 g/mol. The normalized spacial score (nSPS) is 29.5. The van der Waals surface area contributed by atoms with Crippen molar-refractivity contribution in [1.82, 2.24) is 0 Å². The van der Waals surface area contributed by atoms with Crippen molar-refractivity contribution >= 4 is 0 Å². The molecule has 0 heterocycles. The average Bonchev–Trinajstić information content (AvgIpc) is 2.29. The van der Waals surface area contributed by atoms with Gasteiger partial charge in [-0.3, -0.25) is 0 Å². The van der Waals surface area contributed by atoms with Gasteiger partial charge in [0.15, 0.2) is 0 Å². The van der Waals surface area contributed by atoms with Crippen molar-refractivity contribution in [2.45, 2.75) is 77.1 Å². The van der Waals surface area contributed by atoms with E-state index in [2.05, 4.69) is 13.8 Å². The standard InChI is InChI=1S/C14H28O3/c1-3-5-7-16-13-9-12(15)10-14(11-13)17-8-6-4-2/h12-15H,3-11H2,1-2H3/t12-,13+,14-. The predicted molar refractivity (Wildman–Crippen MR) is 69.2 cm³/mol. The van der Waals surface area contributed by atoms with Crippen molar-refractivity contribution < 1.29 is 14.6 Å². The molecule has 1 fully saturated rings. The Bertz CT molecular complexity index is 166. The minimum atomic E-state index is -0.248. The van der Waals surface area contributed by atoms with Crippen LogP contribution in [-0.2, 0) is 9.47 Å². The summed E-state index contributed by atoms with van der Waals surface area (Å²) in [5.74, 6) is 0. The SMILES string of the molecule is CCCCO[C@@H]1C[C@H](O)C[C@H](OCCCC)C1. The van der Waals surface area contributed by atoms with E-state index in [4.69, 9.17) is 9.47 Å². The highest BCUT2D eigenvalue weighted by molar-refractivity contribution is 4.79. The number of hydrogen-bond acceptors (Lipinski definition) is 3. The maximum absolute atomic E-state index is 9.80. The molecule has 0 unspecified atom stereocenters. The quantitative estimate of drug-likeness (QED) is 0.667. The van der Waals surface area contributed by atoms with Crippen LogP contribution in [0.15, 0.2) is 0 Å². The van der Waals surface area contributed by atoms with Gasteiger partial charge in [0.05, 0.1) is 18.3 Å². The summed E-state index contributed by atoms with van der Waals surface area (Å²) < 4.78 is 11.6. The molecule has 3 atom stereocenters. The summed E-state index contributed by atoms with van der Waals surface area (Å²) >= 11 is 0. The first-order chi connectivity index (χ1) is 8.26. The van der Waals surface area contributed by atoms with Crippen LogP contribution in [0.2, 0.25) is 0 Å². The topological polar surface area (TPSA) is 38.7 Å². The van der Waals surface area contributed by atoms with Gasteiger partial charge in [-0.2, -0.15) is 0 Å². The molecule has 1 saturated carbocycles. The van der Waals surface area contributed by atoms with E-state index in [0.717, 1.165) is 58.2 Å². The van der Waals surface area contributed by atoms with E-state index in [0.29, 0.717) is 0 Å². The van der Waals surface area contributed by atoms with Crippen LogP contribution >= 0.6 is 0 Å². The lowest BCUT2D eigenvalue weighted by atomic mass is 9.92. The summed E-state index contributed by atoms with van der Waals surface area (Å²) in [6, 6.07) is 0. The lowest BCUT2D eigenvalue weighted by Gasteiger charge is -2.32. The van der Waals surface area contributed by atoms with Crippen molar-refractivity contribution in [1.29, 1.82) is 0 Å². The number of unbranched alkanes of at least 4 members (excludes halogenated alkanes) is 2. The molecule has 1 rings (SSSR count). The lowest BCUT2D eigenvalue weighted by Crippen LogP contribution is -2.36. The summed E-state index contributed by atoms with van der Waals surface area (Å²) in [6.45, 7) is 5.95. The van der Waals surface area contributed by atoms with E-state index in [1.807, 2.05) is 0 Å². The molecule has 0 aliphatic heterocycles. The van der Waals surface area contributed by atoms with Crippen molar-refractivity contribution in [3.63, 3.8) is 0 Å². The van der Waals surface area contributed by atoms with E-state index in [1.54, 1.807) is 0 Å². The largest absolute Gasteiger partial charge is 0.393 e. The molecule has 3 heteroatoms. The van der Waals surface area contributed by atoms with Gasteiger partial charge >= 0.3 is 0 Å². The van der Waals surface area contributed by atoms with Crippen LogP contribution in [0.4, 0.5) is 0 Å². The molecule has 0 aromatic carbocycles. The second-order valence-electron chi connectivity index (χ2n) is 5.05. The van der Waals surface area contributed by atoms with Crippen LogP contribution in [-0.4, -0.2) is 36.6 Å². The Labute approximate surface area is 105 Å². The first-order valence-corrected chi connectivity index (χ1v) is 7.17. The van der Waals surface area contributed by atoms with Gasteiger partial charge < -0.3 is 14.6 Å². The van der Waals surface area contributed by atoms with Crippen molar-refractivity contribution in [3.05, 3.63) is 0 Å². The molecule has 0 spiro atoms. The third-order valence-corrected chi connectivity index (χ3v) is 3.30. The molecule has 102 valence electrons. The van der Waals surface area contributed by atoms with Gasteiger partial charge in [-0.25, -0.2) is 0 Å². The van der Waals surface area contributed by atoms with E-state index in [-0.39, 0.29) is 18.3 Å². The van der Waals surface area contributed by atoms with Gasteiger partial charge in [0.25, 0.3) is 0 Å². The minimum Gasteiger partial charge on any atom is -0.393 e. The zero-order chi connectivity index (χ0) is 12.5. The highest BCUT2D eigenvalue weighted by Crippen LogP contribution is 2.24. The van der Waals surface area contributed by atoms with Gasteiger partial charge in [-0.05, 0) is 32.1 Å². The molecule has 0 saturated heterocycles. The summed E-state index contributed by atoms with van der Waals surface area (Å²) in [6.07, 6.45) is 7.16. The maximum atomic E-state index is 9.80. The Balaban J connectivity index is 2.21. The molecule has 0 aromatic heterocycles. The summed E-state index contributed by atoms with van der Waals surface area (Å²) in [5, 5.41) is 9.80. The fourth-order valence-corrected chi connectivity index (χ4v) is 2.25. The molecule has 17 heavy (non-hydrogen) atoms. The van der Waals surface area contributed by atoms with E-state index in [1.165, 1.54) is 0 Å². The number of aliphatic hydroxyl groups excluding tert-OH is 1. The molecule has 3 nitrogen and oxygen atoms in total. The van der Waals surface area contributed by atoms with Gasteiger partial charge in [-0.1, -0.05) is 26.7 Å². The predicted octanol–water partition coefficient (Wildman–Crippen LogP) is 2.90. The summed E-state index contributed by atoms with van der Waals surface area (Å²) in [5.41, 5.74) is 0. The fraction of sp³-hybridized carbons (Fsp3) is 1.00. The molecule has 1 aliphatic carbocycles. The Morgan fingerprint density at radius 3 is 1.76 bits per heavy atom. The Morgan fingerprint density at radius 1 is 0.882 bits per heavy atom. The zero-order valence-corrected chi connectivity index (χ0v) is 11.4. The lowest BCUT2D eigenvalue weighted by molar-refractivity contribution is -0.0829. The van der Waals surface area contributed by atoms with Crippen LogP contribution in [0.5, 0.6) is 0 Å². The van der Waals surface area contributed by atoms with Gasteiger partial charge in [0.1, 0.15) is 0 Å². The minimum absolute atomic E-state index is 0.192. The Hall–Kier alpha value is -0.120. The van der Waals surface area contributed by atoms with Crippen LogP contribution in [0.3, 0.4) is 0 Å². The van der Waals surface area contributed by atoms with Gasteiger partial charge in [-0.15, -0.1) is 0 Å². The smallest absolute Gasteiger partial charge is 0.0624 e. The zero-order valence-electron chi connectivity index (χ0n) is 11.4. The van der Waals surface area contributed by atoms with E-state index >= 15 is 0 Å². The highest BCUT2D eigenvalue weighted by atomic mass is 16.5. The monoisotopic (exact) mass is 244 g/mol. The third-order valence-electron chi connectivity index (χ3n) is 3.30. The van der Waals surface area contributed by atoms with Crippen LogP contribution in [0, 0.1) is 0 Å². The Morgan fingerprint density at radius 2 is 1.35 bits per heavy atom. The average molecular weight is 244 g/mol. The molecule has 0 bridgehead atoms. The van der Waals surface area contributed by atoms with Crippen LogP contribution in [0.25, 0.3) is 0 Å². The maximum Gasteiger partial charge on any atom is 0.0624 e. The third kappa shape index (κ3) is 6.39. The first-order valence-electron chi connectivity index (χ1n) is 7.17. The molecule has 1 aliphatic rings. The molecular formula is C14H28O3. The van der Waals surface area contributed by atoms with Gasteiger partial charge in [0.2, 0.25) is 0 Å². The summed E-state index contributed by atoms with van der Waals surface area (Å²) in [7, 11) is 0. The van der Waals surface area contributed by atoms with Crippen molar-refractivity contribution in [3.8, 4) is 0 Å². The molecule has 0 radical (unpaired) electrons. The number of rotatable bonds is 8.